The molecule has 1 heterocycles. The van der Waals surface area contributed by atoms with Crippen molar-refractivity contribution in [2.75, 3.05) is 19.6 Å². The zero-order chi connectivity index (χ0) is 19.4. The number of halogens is 1. The summed E-state index contributed by atoms with van der Waals surface area (Å²) in [6, 6.07) is 5.23. The predicted molar refractivity (Wildman–Crippen MR) is 109 cm³/mol. The molecule has 1 saturated carbocycles. The molecule has 1 aromatic carbocycles. The number of hydrogen-bond acceptors (Lipinski definition) is 4. The van der Waals surface area contributed by atoms with Crippen molar-refractivity contribution in [2.24, 2.45) is 0 Å². The van der Waals surface area contributed by atoms with Crippen molar-refractivity contribution in [1.29, 1.82) is 0 Å². The Morgan fingerprint density at radius 2 is 2.04 bits per heavy atom. The monoisotopic (exact) mass is 457 g/mol. The molecule has 0 aromatic heterocycles. The Kier molecular flexibility index (Phi) is 6.94. The molecule has 0 bridgehead atoms. The van der Waals surface area contributed by atoms with Gasteiger partial charge in [-0.25, -0.2) is 13.1 Å². The molecular formula is C19H28BrN3O3S. The van der Waals surface area contributed by atoms with E-state index in [1.165, 1.54) is 31.4 Å². The number of benzene rings is 1. The number of nitrogens with zero attached hydrogens (tertiary/aromatic N) is 1. The van der Waals surface area contributed by atoms with Gasteiger partial charge in [0.05, 0.1) is 10.5 Å². The Bertz CT molecular complexity index is 780. The number of nitrogens with one attached hydrogen (secondary N) is 2. The highest BCUT2D eigenvalue weighted by atomic mass is 79.9. The first-order valence-electron chi connectivity index (χ1n) is 9.71. The Morgan fingerprint density at radius 3 is 2.74 bits per heavy atom. The second-order valence-electron chi connectivity index (χ2n) is 7.53. The van der Waals surface area contributed by atoms with Crippen LogP contribution in [0.1, 0.15) is 55.8 Å². The molecule has 2 aliphatic rings. The van der Waals surface area contributed by atoms with E-state index < -0.39 is 10.0 Å². The summed E-state index contributed by atoms with van der Waals surface area (Å²) in [6.07, 6.45) is 6.43. The van der Waals surface area contributed by atoms with Crippen molar-refractivity contribution < 1.29 is 13.2 Å². The Balaban J connectivity index is 1.55. The maximum absolute atomic E-state index is 12.5. The van der Waals surface area contributed by atoms with Crippen LogP contribution < -0.4 is 10.0 Å². The van der Waals surface area contributed by atoms with Crippen LogP contribution in [-0.4, -0.2) is 50.9 Å². The highest BCUT2D eigenvalue weighted by Gasteiger charge is 2.28. The predicted octanol–water partition coefficient (Wildman–Crippen LogP) is 2.88. The van der Waals surface area contributed by atoms with Gasteiger partial charge in [0, 0.05) is 29.6 Å². The molecule has 3 rings (SSSR count). The van der Waals surface area contributed by atoms with Gasteiger partial charge in [0.2, 0.25) is 10.0 Å². The van der Waals surface area contributed by atoms with Gasteiger partial charge in [0.15, 0.2) is 0 Å². The van der Waals surface area contributed by atoms with Gasteiger partial charge in [-0.15, -0.1) is 0 Å². The van der Waals surface area contributed by atoms with Crippen LogP contribution in [0.2, 0.25) is 0 Å². The van der Waals surface area contributed by atoms with Gasteiger partial charge in [-0.2, -0.15) is 0 Å². The van der Waals surface area contributed by atoms with E-state index in [9.17, 15) is 13.2 Å². The molecule has 1 aromatic rings. The van der Waals surface area contributed by atoms with Crippen LogP contribution >= 0.6 is 15.9 Å². The number of hydrogen-bond donors (Lipinski definition) is 2. The SMILES string of the molecule is CC1CCCCN1CCCNC(=O)c1cc(S(=O)(=O)NC2CC2)ccc1Br. The quantitative estimate of drug-likeness (QED) is 0.588. The van der Waals surface area contributed by atoms with Crippen LogP contribution in [0, 0.1) is 0 Å². The van der Waals surface area contributed by atoms with E-state index in [4.69, 9.17) is 0 Å². The molecule has 1 aliphatic carbocycles. The van der Waals surface area contributed by atoms with Gasteiger partial charge >= 0.3 is 0 Å². The minimum Gasteiger partial charge on any atom is -0.352 e. The number of rotatable bonds is 8. The summed E-state index contributed by atoms with van der Waals surface area (Å²) in [5.74, 6) is -0.253. The normalized spacial score (nSPS) is 21.2. The molecule has 2 N–H and O–H groups in total. The van der Waals surface area contributed by atoms with Crippen LogP contribution in [0.3, 0.4) is 0 Å². The smallest absolute Gasteiger partial charge is 0.252 e. The van der Waals surface area contributed by atoms with Gasteiger partial charge in [0.1, 0.15) is 0 Å². The number of carbonyl (C=O) groups excluding carboxylic acids is 1. The van der Waals surface area contributed by atoms with Gasteiger partial charge < -0.3 is 10.2 Å². The number of carbonyl (C=O) groups is 1. The Labute approximate surface area is 170 Å². The van der Waals surface area contributed by atoms with Crippen LogP contribution in [0.5, 0.6) is 0 Å². The lowest BCUT2D eigenvalue weighted by molar-refractivity contribution is 0.0948. The summed E-state index contributed by atoms with van der Waals surface area (Å²) in [5, 5.41) is 2.92. The molecule has 1 unspecified atom stereocenters. The molecule has 27 heavy (non-hydrogen) atoms. The molecular weight excluding hydrogens is 430 g/mol. The zero-order valence-electron chi connectivity index (χ0n) is 15.7. The Morgan fingerprint density at radius 1 is 1.26 bits per heavy atom. The van der Waals surface area contributed by atoms with Crippen LogP contribution in [0.4, 0.5) is 0 Å². The molecule has 1 saturated heterocycles. The fourth-order valence-corrected chi connectivity index (χ4v) is 5.16. The molecule has 1 aliphatic heterocycles. The lowest BCUT2D eigenvalue weighted by Gasteiger charge is -2.33. The maximum Gasteiger partial charge on any atom is 0.252 e. The Hall–Kier alpha value is -0.960. The van der Waals surface area contributed by atoms with E-state index in [1.807, 2.05) is 0 Å². The van der Waals surface area contributed by atoms with Crippen LogP contribution in [0.25, 0.3) is 0 Å². The maximum atomic E-state index is 12.5. The van der Waals surface area contributed by atoms with E-state index in [0.717, 1.165) is 32.4 Å². The summed E-state index contributed by atoms with van der Waals surface area (Å²) in [7, 11) is -3.57. The second-order valence-corrected chi connectivity index (χ2v) is 10.1. The number of piperidine rings is 1. The molecule has 0 spiro atoms. The highest BCUT2D eigenvalue weighted by molar-refractivity contribution is 9.10. The standard InChI is InChI=1S/C19H28BrN3O3S/c1-14-5-2-3-11-23(14)12-4-10-21-19(24)17-13-16(8-9-18(17)20)27(25,26)22-15-6-7-15/h8-9,13-15,22H,2-7,10-12H2,1H3,(H,21,24). The van der Waals surface area contributed by atoms with E-state index in [0.29, 0.717) is 22.6 Å². The fourth-order valence-electron chi connectivity index (χ4n) is 3.40. The van der Waals surface area contributed by atoms with Crippen LogP contribution in [-0.2, 0) is 10.0 Å². The molecule has 1 atom stereocenters. The zero-order valence-corrected chi connectivity index (χ0v) is 18.1. The van der Waals surface area contributed by atoms with Gasteiger partial charge in [-0.1, -0.05) is 6.42 Å². The highest BCUT2D eigenvalue weighted by Crippen LogP contribution is 2.25. The van der Waals surface area contributed by atoms with E-state index in [1.54, 1.807) is 6.07 Å². The first kappa shape index (κ1) is 20.8. The lowest BCUT2D eigenvalue weighted by Crippen LogP contribution is -2.39. The van der Waals surface area contributed by atoms with Crippen molar-refractivity contribution in [3.05, 3.63) is 28.2 Å². The van der Waals surface area contributed by atoms with Gasteiger partial charge in [-0.3, -0.25) is 4.79 Å². The van der Waals surface area contributed by atoms with Crippen molar-refractivity contribution >= 4 is 31.9 Å². The third kappa shape index (κ3) is 5.76. The first-order valence-corrected chi connectivity index (χ1v) is 12.0. The van der Waals surface area contributed by atoms with Gasteiger partial charge in [0.25, 0.3) is 5.91 Å². The summed E-state index contributed by atoms with van der Waals surface area (Å²) in [6.45, 7) is 4.94. The fraction of sp³-hybridized carbons (Fsp3) is 0.632. The molecule has 150 valence electrons. The van der Waals surface area contributed by atoms with E-state index in [2.05, 4.69) is 37.8 Å². The summed E-state index contributed by atoms with van der Waals surface area (Å²) in [4.78, 5) is 15.1. The molecule has 8 heteroatoms. The first-order chi connectivity index (χ1) is 12.9. The van der Waals surface area contributed by atoms with Crippen molar-refractivity contribution in [3.8, 4) is 0 Å². The molecule has 1 amide bonds. The molecule has 6 nitrogen and oxygen atoms in total. The topological polar surface area (TPSA) is 78.5 Å². The summed E-state index contributed by atoms with van der Waals surface area (Å²) < 4.78 is 28.0. The van der Waals surface area contributed by atoms with Crippen molar-refractivity contribution in [2.45, 2.75) is 62.4 Å². The lowest BCUT2D eigenvalue weighted by atomic mass is 10.0. The van der Waals surface area contributed by atoms with E-state index in [-0.39, 0.29) is 16.8 Å². The number of amides is 1. The number of likely N-dealkylation sites (tertiary alicyclic amines) is 1. The van der Waals surface area contributed by atoms with Gasteiger partial charge in [-0.05, 0) is 79.7 Å². The van der Waals surface area contributed by atoms with Crippen LogP contribution in [0.15, 0.2) is 27.6 Å². The average Bonchev–Trinajstić information content (AvgIpc) is 3.43. The van der Waals surface area contributed by atoms with Crippen molar-refractivity contribution in [1.82, 2.24) is 14.9 Å². The number of sulfonamides is 1. The van der Waals surface area contributed by atoms with Crippen molar-refractivity contribution in [3.63, 3.8) is 0 Å². The third-order valence-electron chi connectivity index (χ3n) is 5.24. The average molecular weight is 458 g/mol. The molecule has 2 fully saturated rings. The summed E-state index contributed by atoms with van der Waals surface area (Å²) >= 11 is 3.36. The molecule has 0 radical (unpaired) electrons. The minimum absolute atomic E-state index is 0.0353. The van der Waals surface area contributed by atoms with E-state index >= 15 is 0 Å². The third-order valence-corrected chi connectivity index (χ3v) is 7.45. The minimum atomic E-state index is -3.57. The largest absolute Gasteiger partial charge is 0.352 e. The second kappa shape index (κ2) is 9.03. The summed E-state index contributed by atoms with van der Waals surface area (Å²) in [5.41, 5.74) is 0.347.